The number of ether oxygens (including phenoxy) is 1. The molecular formula is C21H17FN4O2. The maximum atomic E-state index is 13.0. The van der Waals surface area contributed by atoms with Crippen molar-refractivity contribution in [2.75, 3.05) is 5.32 Å². The fourth-order valence-corrected chi connectivity index (χ4v) is 2.47. The predicted molar refractivity (Wildman–Crippen MR) is 103 cm³/mol. The van der Waals surface area contributed by atoms with Gasteiger partial charge in [-0.25, -0.2) is 9.37 Å². The highest BCUT2D eigenvalue weighted by atomic mass is 19.1. The number of carbonyl (C=O) groups is 1. The van der Waals surface area contributed by atoms with E-state index in [1.165, 1.54) is 12.1 Å². The summed E-state index contributed by atoms with van der Waals surface area (Å²) in [5, 5.41) is 12.2. The number of nitrogens with one attached hydrogen (secondary N) is 1. The Kier molecular flexibility index (Phi) is 5.51. The van der Waals surface area contributed by atoms with Gasteiger partial charge in [0, 0.05) is 11.3 Å². The quantitative estimate of drug-likeness (QED) is 0.681. The minimum atomic E-state index is -0.590. The zero-order valence-corrected chi connectivity index (χ0v) is 15.0. The molecule has 1 heterocycles. The highest BCUT2D eigenvalue weighted by Crippen LogP contribution is 2.27. The third-order valence-corrected chi connectivity index (χ3v) is 3.95. The molecule has 0 aliphatic heterocycles. The summed E-state index contributed by atoms with van der Waals surface area (Å²) in [6.07, 6.45) is 0. The highest BCUT2D eigenvalue weighted by Gasteiger charge is 2.11. The first-order valence-electron chi connectivity index (χ1n) is 8.46. The maximum absolute atomic E-state index is 13.0. The lowest BCUT2D eigenvalue weighted by atomic mass is 10.1. The summed E-state index contributed by atoms with van der Waals surface area (Å²) in [5.74, 6) is 0.263. The fraction of sp³-hybridized carbons (Fsp3) is 0.0952. The smallest absolute Gasteiger partial charge is 0.239 e. The molecule has 0 spiro atoms. The monoisotopic (exact) mass is 376 g/mol. The van der Waals surface area contributed by atoms with Crippen molar-refractivity contribution in [3.63, 3.8) is 0 Å². The van der Waals surface area contributed by atoms with Gasteiger partial charge in [-0.3, -0.25) is 4.79 Å². The van der Waals surface area contributed by atoms with E-state index in [1.807, 2.05) is 6.07 Å². The molecule has 2 aromatic carbocycles. The summed E-state index contributed by atoms with van der Waals surface area (Å²) in [4.78, 5) is 15.6. The number of primary amides is 1. The Balaban J connectivity index is 1.83. The number of amides is 1. The molecule has 3 N–H and O–H groups in total. The van der Waals surface area contributed by atoms with Gasteiger partial charge in [-0.15, -0.1) is 0 Å². The van der Waals surface area contributed by atoms with Gasteiger partial charge in [0.15, 0.2) is 0 Å². The van der Waals surface area contributed by atoms with Crippen LogP contribution < -0.4 is 15.8 Å². The second kappa shape index (κ2) is 8.18. The summed E-state index contributed by atoms with van der Waals surface area (Å²) in [7, 11) is 0. The first-order chi connectivity index (χ1) is 13.4. The number of anilines is 1. The molecule has 0 saturated carbocycles. The van der Waals surface area contributed by atoms with Gasteiger partial charge in [-0.05, 0) is 67.6 Å². The van der Waals surface area contributed by atoms with E-state index in [1.54, 1.807) is 55.5 Å². The van der Waals surface area contributed by atoms with Crippen molar-refractivity contribution in [1.82, 2.24) is 4.98 Å². The van der Waals surface area contributed by atoms with Crippen LogP contribution in [-0.2, 0) is 4.79 Å². The number of hydrogen-bond donors (Lipinski definition) is 2. The molecule has 3 aromatic rings. The lowest BCUT2D eigenvalue weighted by molar-refractivity contribution is -0.118. The largest absolute Gasteiger partial charge is 0.457 e. The van der Waals surface area contributed by atoms with E-state index in [9.17, 15) is 14.4 Å². The number of nitrogens with two attached hydrogens (primary N) is 1. The molecule has 0 aliphatic carbocycles. The Morgan fingerprint density at radius 1 is 1.14 bits per heavy atom. The summed E-state index contributed by atoms with van der Waals surface area (Å²) >= 11 is 0. The lowest BCUT2D eigenvalue weighted by Crippen LogP contribution is -2.32. The van der Waals surface area contributed by atoms with E-state index >= 15 is 0 Å². The summed E-state index contributed by atoms with van der Waals surface area (Å²) in [6.45, 7) is 1.63. The Bertz CT molecular complexity index is 1030. The van der Waals surface area contributed by atoms with Gasteiger partial charge in [0.1, 0.15) is 35.1 Å². The Morgan fingerprint density at radius 3 is 2.32 bits per heavy atom. The van der Waals surface area contributed by atoms with Crippen LogP contribution in [0.5, 0.6) is 11.5 Å². The van der Waals surface area contributed by atoms with Gasteiger partial charge in [-0.1, -0.05) is 0 Å². The molecule has 1 amide bonds. The van der Waals surface area contributed by atoms with Crippen LogP contribution in [0.2, 0.25) is 0 Å². The lowest BCUT2D eigenvalue weighted by Gasteiger charge is -2.13. The highest BCUT2D eigenvalue weighted by molar-refractivity contribution is 5.82. The molecule has 28 heavy (non-hydrogen) atoms. The third kappa shape index (κ3) is 4.62. The van der Waals surface area contributed by atoms with E-state index in [4.69, 9.17) is 10.5 Å². The van der Waals surface area contributed by atoms with Gasteiger partial charge >= 0.3 is 0 Å². The average Bonchev–Trinajstić information content (AvgIpc) is 2.70. The number of carbonyl (C=O) groups excluding carboxylic acids is 1. The molecule has 0 fully saturated rings. The van der Waals surface area contributed by atoms with Crippen molar-refractivity contribution in [2.45, 2.75) is 13.0 Å². The first kappa shape index (κ1) is 18.9. The number of hydrogen-bond acceptors (Lipinski definition) is 5. The van der Waals surface area contributed by atoms with E-state index in [0.29, 0.717) is 22.9 Å². The molecular weight excluding hydrogens is 359 g/mol. The molecule has 0 radical (unpaired) electrons. The van der Waals surface area contributed by atoms with E-state index in [-0.39, 0.29) is 11.5 Å². The molecule has 0 saturated heterocycles. The number of nitriles is 1. The summed E-state index contributed by atoms with van der Waals surface area (Å²) in [6, 6.07) is 17.5. The zero-order chi connectivity index (χ0) is 20.1. The number of benzene rings is 2. The SMILES string of the molecule is C[C@H](Nc1cc(C#N)nc(-c2ccc(Oc3ccc(F)cc3)cc2)c1)C(N)=O. The molecule has 1 aromatic heterocycles. The fourth-order valence-electron chi connectivity index (χ4n) is 2.47. The number of nitrogens with zero attached hydrogens (tertiary/aromatic N) is 2. The van der Waals surface area contributed by atoms with Crippen LogP contribution in [0.15, 0.2) is 60.7 Å². The van der Waals surface area contributed by atoms with E-state index in [2.05, 4.69) is 10.3 Å². The summed E-state index contributed by atoms with van der Waals surface area (Å²) < 4.78 is 18.6. The molecule has 1 atom stereocenters. The topological polar surface area (TPSA) is 101 Å². The van der Waals surface area contributed by atoms with Crippen LogP contribution >= 0.6 is 0 Å². The molecule has 3 rings (SSSR count). The van der Waals surface area contributed by atoms with Crippen molar-refractivity contribution >= 4 is 11.6 Å². The number of aromatic nitrogens is 1. The molecule has 7 heteroatoms. The van der Waals surface area contributed by atoms with Crippen LogP contribution in [0.1, 0.15) is 12.6 Å². The number of halogens is 1. The normalized spacial score (nSPS) is 11.3. The Hall–Kier alpha value is -3.92. The van der Waals surface area contributed by atoms with Gasteiger partial charge in [-0.2, -0.15) is 5.26 Å². The van der Waals surface area contributed by atoms with Crippen LogP contribution in [-0.4, -0.2) is 16.9 Å². The number of pyridine rings is 1. The van der Waals surface area contributed by atoms with Crippen LogP contribution in [0.3, 0.4) is 0 Å². The van der Waals surface area contributed by atoms with Gasteiger partial charge < -0.3 is 15.8 Å². The van der Waals surface area contributed by atoms with Crippen molar-refractivity contribution < 1.29 is 13.9 Å². The van der Waals surface area contributed by atoms with E-state index < -0.39 is 11.9 Å². The Labute approximate surface area is 161 Å². The molecule has 0 aliphatic rings. The molecule has 0 bridgehead atoms. The third-order valence-electron chi connectivity index (χ3n) is 3.95. The predicted octanol–water partition coefficient (Wildman–Crippen LogP) is 3.84. The second-order valence-electron chi connectivity index (χ2n) is 6.09. The molecule has 140 valence electrons. The van der Waals surface area contributed by atoms with Crippen molar-refractivity contribution in [3.05, 3.63) is 72.2 Å². The molecule has 0 unspecified atom stereocenters. The van der Waals surface area contributed by atoms with Crippen LogP contribution in [0.4, 0.5) is 10.1 Å². The van der Waals surface area contributed by atoms with Gasteiger partial charge in [0.2, 0.25) is 5.91 Å². The summed E-state index contributed by atoms with van der Waals surface area (Å²) in [5.41, 5.74) is 7.38. The van der Waals surface area contributed by atoms with Crippen molar-refractivity contribution in [3.8, 4) is 28.8 Å². The maximum Gasteiger partial charge on any atom is 0.239 e. The second-order valence-corrected chi connectivity index (χ2v) is 6.09. The number of rotatable bonds is 6. The van der Waals surface area contributed by atoms with Crippen LogP contribution in [0, 0.1) is 17.1 Å². The van der Waals surface area contributed by atoms with Gasteiger partial charge in [0.05, 0.1) is 5.69 Å². The van der Waals surface area contributed by atoms with Gasteiger partial charge in [0.25, 0.3) is 0 Å². The van der Waals surface area contributed by atoms with Crippen molar-refractivity contribution in [1.29, 1.82) is 5.26 Å². The van der Waals surface area contributed by atoms with Crippen molar-refractivity contribution in [2.24, 2.45) is 5.73 Å². The Morgan fingerprint density at radius 2 is 1.75 bits per heavy atom. The van der Waals surface area contributed by atoms with E-state index in [0.717, 1.165) is 5.56 Å². The average molecular weight is 376 g/mol. The minimum Gasteiger partial charge on any atom is -0.457 e. The first-order valence-corrected chi connectivity index (χ1v) is 8.46. The van der Waals surface area contributed by atoms with Crippen LogP contribution in [0.25, 0.3) is 11.3 Å². The standard InChI is InChI=1S/C21H17FN4O2/c1-13(21(24)27)25-16-10-17(12-23)26-20(11-16)14-2-6-18(7-3-14)28-19-8-4-15(22)5-9-19/h2-11,13H,1H3,(H2,24,27)(H,25,26)/t13-/m0/s1. The zero-order valence-electron chi connectivity index (χ0n) is 15.0. The minimum absolute atomic E-state index is 0.211. The molecule has 6 nitrogen and oxygen atoms in total.